The SMILES string of the molecule is CCCc1cc(OC)ccc1OCCCCN1CCN(CCO)CC1. The van der Waals surface area contributed by atoms with Crippen molar-refractivity contribution in [3.8, 4) is 11.5 Å². The van der Waals surface area contributed by atoms with Crippen molar-refractivity contribution in [3.05, 3.63) is 23.8 Å². The smallest absolute Gasteiger partial charge is 0.122 e. The number of piperazine rings is 1. The van der Waals surface area contributed by atoms with Gasteiger partial charge in [-0.3, -0.25) is 4.90 Å². The van der Waals surface area contributed by atoms with Gasteiger partial charge in [-0.05, 0) is 49.6 Å². The number of hydrogen-bond donors (Lipinski definition) is 1. The Hall–Kier alpha value is -1.30. The summed E-state index contributed by atoms with van der Waals surface area (Å²) in [5.74, 6) is 1.90. The predicted octanol–water partition coefficient (Wildman–Crippen LogP) is 2.42. The average molecular weight is 351 g/mol. The van der Waals surface area contributed by atoms with Gasteiger partial charge in [0, 0.05) is 32.7 Å². The highest BCUT2D eigenvalue weighted by Crippen LogP contribution is 2.25. The summed E-state index contributed by atoms with van der Waals surface area (Å²) < 4.78 is 11.3. The Labute approximate surface area is 152 Å². The number of unbranched alkanes of at least 4 members (excludes halogenated alkanes) is 1. The molecular formula is C20H34N2O3. The molecule has 0 atom stereocenters. The topological polar surface area (TPSA) is 45.2 Å². The molecule has 1 saturated heterocycles. The summed E-state index contributed by atoms with van der Waals surface area (Å²) in [6.07, 6.45) is 4.37. The molecule has 5 heteroatoms. The number of β-amino-alcohol motifs (C(OH)–C–C–N with tert-alkyl or cyclic N) is 1. The summed E-state index contributed by atoms with van der Waals surface area (Å²) >= 11 is 0. The van der Waals surface area contributed by atoms with Gasteiger partial charge in [0.25, 0.3) is 0 Å². The van der Waals surface area contributed by atoms with Crippen molar-refractivity contribution < 1.29 is 14.6 Å². The molecule has 1 N–H and O–H groups in total. The maximum absolute atomic E-state index is 8.99. The van der Waals surface area contributed by atoms with Gasteiger partial charge in [0.15, 0.2) is 0 Å². The van der Waals surface area contributed by atoms with Crippen LogP contribution in [0.4, 0.5) is 0 Å². The minimum Gasteiger partial charge on any atom is -0.497 e. The van der Waals surface area contributed by atoms with E-state index in [0.29, 0.717) is 0 Å². The molecule has 0 unspecified atom stereocenters. The maximum atomic E-state index is 8.99. The van der Waals surface area contributed by atoms with Gasteiger partial charge in [-0.1, -0.05) is 13.3 Å². The fourth-order valence-electron chi connectivity index (χ4n) is 3.29. The van der Waals surface area contributed by atoms with E-state index in [0.717, 1.165) is 76.6 Å². The van der Waals surface area contributed by atoms with Gasteiger partial charge in [-0.25, -0.2) is 0 Å². The van der Waals surface area contributed by atoms with E-state index in [1.165, 1.54) is 12.0 Å². The van der Waals surface area contributed by atoms with Gasteiger partial charge in [-0.2, -0.15) is 0 Å². The molecule has 142 valence electrons. The van der Waals surface area contributed by atoms with Gasteiger partial charge in [-0.15, -0.1) is 0 Å². The third-order valence-corrected chi connectivity index (χ3v) is 4.79. The van der Waals surface area contributed by atoms with Gasteiger partial charge in [0.2, 0.25) is 0 Å². The first kappa shape index (κ1) is 20.0. The Morgan fingerprint density at radius 3 is 2.40 bits per heavy atom. The molecule has 5 nitrogen and oxygen atoms in total. The lowest BCUT2D eigenvalue weighted by Crippen LogP contribution is -2.47. The first-order valence-corrected chi connectivity index (χ1v) is 9.62. The molecule has 0 spiro atoms. The molecule has 1 aliphatic rings. The monoisotopic (exact) mass is 350 g/mol. The lowest BCUT2D eigenvalue weighted by Gasteiger charge is -2.34. The maximum Gasteiger partial charge on any atom is 0.122 e. The Kier molecular flexibility index (Phi) is 9.08. The van der Waals surface area contributed by atoms with E-state index < -0.39 is 0 Å². The highest BCUT2D eigenvalue weighted by molar-refractivity contribution is 5.40. The van der Waals surface area contributed by atoms with Gasteiger partial charge < -0.3 is 19.5 Å². The van der Waals surface area contributed by atoms with Crippen molar-refractivity contribution in [1.29, 1.82) is 0 Å². The van der Waals surface area contributed by atoms with Crippen LogP contribution in [0.15, 0.2) is 18.2 Å². The summed E-state index contributed by atoms with van der Waals surface area (Å²) in [7, 11) is 1.70. The molecule has 0 amide bonds. The van der Waals surface area contributed by atoms with Crippen molar-refractivity contribution in [3.63, 3.8) is 0 Å². The number of benzene rings is 1. The summed E-state index contributed by atoms with van der Waals surface area (Å²) in [4.78, 5) is 4.85. The van der Waals surface area contributed by atoms with Crippen LogP contribution < -0.4 is 9.47 Å². The van der Waals surface area contributed by atoms with Crippen LogP contribution in [-0.4, -0.2) is 74.5 Å². The molecule has 1 aromatic carbocycles. The molecule has 0 saturated carbocycles. The largest absolute Gasteiger partial charge is 0.497 e. The Morgan fingerprint density at radius 1 is 1.04 bits per heavy atom. The molecule has 0 aromatic heterocycles. The average Bonchev–Trinajstić information content (AvgIpc) is 2.64. The third kappa shape index (κ3) is 6.84. The van der Waals surface area contributed by atoms with Crippen molar-refractivity contribution >= 4 is 0 Å². The van der Waals surface area contributed by atoms with E-state index in [9.17, 15) is 0 Å². The van der Waals surface area contributed by atoms with E-state index in [2.05, 4.69) is 22.8 Å². The number of aryl methyl sites for hydroxylation is 1. The summed E-state index contributed by atoms with van der Waals surface area (Å²) in [5.41, 5.74) is 1.24. The molecule has 1 aliphatic heterocycles. The van der Waals surface area contributed by atoms with Crippen LogP contribution >= 0.6 is 0 Å². The van der Waals surface area contributed by atoms with Gasteiger partial charge in [0.05, 0.1) is 20.3 Å². The fourth-order valence-corrected chi connectivity index (χ4v) is 3.29. The highest BCUT2D eigenvalue weighted by Gasteiger charge is 2.15. The molecule has 1 fully saturated rings. The second kappa shape index (κ2) is 11.3. The summed E-state index contributed by atoms with van der Waals surface area (Å²) in [6.45, 7) is 9.54. The van der Waals surface area contributed by atoms with E-state index in [-0.39, 0.29) is 6.61 Å². The molecule has 1 heterocycles. The molecular weight excluding hydrogens is 316 g/mol. The lowest BCUT2D eigenvalue weighted by atomic mass is 10.1. The zero-order valence-electron chi connectivity index (χ0n) is 15.9. The van der Waals surface area contributed by atoms with Crippen LogP contribution in [0.3, 0.4) is 0 Å². The number of ether oxygens (including phenoxy) is 2. The molecule has 0 radical (unpaired) electrons. The zero-order chi connectivity index (χ0) is 17.9. The number of aliphatic hydroxyl groups excluding tert-OH is 1. The number of methoxy groups -OCH3 is 1. The quantitative estimate of drug-likeness (QED) is 0.621. The molecule has 2 rings (SSSR count). The lowest BCUT2D eigenvalue weighted by molar-refractivity contribution is 0.110. The van der Waals surface area contributed by atoms with Gasteiger partial charge in [0.1, 0.15) is 11.5 Å². The number of rotatable bonds is 11. The van der Waals surface area contributed by atoms with Crippen molar-refractivity contribution in [2.24, 2.45) is 0 Å². The van der Waals surface area contributed by atoms with Crippen molar-refractivity contribution in [1.82, 2.24) is 9.80 Å². The van der Waals surface area contributed by atoms with Gasteiger partial charge >= 0.3 is 0 Å². The third-order valence-electron chi connectivity index (χ3n) is 4.79. The van der Waals surface area contributed by atoms with Crippen molar-refractivity contribution in [2.75, 3.05) is 59.6 Å². The van der Waals surface area contributed by atoms with Crippen LogP contribution in [0.5, 0.6) is 11.5 Å². The van der Waals surface area contributed by atoms with Crippen LogP contribution in [0, 0.1) is 0 Å². The molecule has 1 aromatic rings. The predicted molar refractivity (Wildman–Crippen MR) is 102 cm³/mol. The van der Waals surface area contributed by atoms with Crippen LogP contribution in [0.2, 0.25) is 0 Å². The van der Waals surface area contributed by atoms with Crippen LogP contribution in [0.1, 0.15) is 31.7 Å². The molecule has 0 aliphatic carbocycles. The Balaban J connectivity index is 1.65. The second-order valence-corrected chi connectivity index (χ2v) is 6.69. The van der Waals surface area contributed by atoms with E-state index in [4.69, 9.17) is 14.6 Å². The standard InChI is InChI=1S/C20H34N2O3/c1-3-6-18-17-19(24-2)7-8-20(18)25-16-5-4-9-21-10-12-22(13-11-21)14-15-23/h7-8,17,23H,3-6,9-16H2,1-2H3. The highest BCUT2D eigenvalue weighted by atomic mass is 16.5. The van der Waals surface area contributed by atoms with E-state index in [1.807, 2.05) is 12.1 Å². The van der Waals surface area contributed by atoms with Crippen LogP contribution in [-0.2, 0) is 6.42 Å². The first-order valence-electron chi connectivity index (χ1n) is 9.62. The Morgan fingerprint density at radius 2 is 1.76 bits per heavy atom. The number of nitrogens with zero attached hydrogens (tertiary/aromatic N) is 2. The molecule has 0 bridgehead atoms. The number of aliphatic hydroxyl groups is 1. The second-order valence-electron chi connectivity index (χ2n) is 6.69. The minimum absolute atomic E-state index is 0.267. The first-order chi connectivity index (χ1) is 12.3. The summed E-state index contributed by atoms with van der Waals surface area (Å²) in [5, 5.41) is 8.99. The van der Waals surface area contributed by atoms with Crippen molar-refractivity contribution in [2.45, 2.75) is 32.6 Å². The number of hydrogen-bond acceptors (Lipinski definition) is 5. The zero-order valence-corrected chi connectivity index (χ0v) is 15.9. The molecule has 25 heavy (non-hydrogen) atoms. The normalized spacial score (nSPS) is 16.1. The fraction of sp³-hybridized carbons (Fsp3) is 0.700. The summed E-state index contributed by atoms with van der Waals surface area (Å²) in [6, 6.07) is 6.09. The van der Waals surface area contributed by atoms with Crippen LogP contribution in [0.25, 0.3) is 0 Å². The van der Waals surface area contributed by atoms with E-state index in [1.54, 1.807) is 7.11 Å². The van der Waals surface area contributed by atoms with E-state index >= 15 is 0 Å². The minimum atomic E-state index is 0.267. The Bertz CT molecular complexity index is 488.